The first-order valence-corrected chi connectivity index (χ1v) is 10.1. The molecular formula is C21H25F2N5. The monoisotopic (exact) mass is 385 g/mol. The number of nitrogens with zero attached hydrogens (tertiary/aromatic N) is 5. The normalized spacial score (nSPS) is 25.2. The zero-order valence-electron chi connectivity index (χ0n) is 16.1. The molecular weight excluding hydrogens is 360 g/mol. The lowest BCUT2D eigenvalue weighted by atomic mass is 10.0. The molecule has 0 saturated carbocycles. The summed E-state index contributed by atoms with van der Waals surface area (Å²) < 4.78 is 27.3. The Morgan fingerprint density at radius 2 is 1.93 bits per heavy atom. The average molecular weight is 385 g/mol. The Labute approximate surface area is 164 Å². The Morgan fingerprint density at radius 1 is 1.11 bits per heavy atom. The second-order valence-corrected chi connectivity index (χ2v) is 8.16. The smallest absolute Gasteiger partial charge is 0.225 e. The van der Waals surface area contributed by atoms with Gasteiger partial charge in [-0.05, 0) is 26.0 Å². The summed E-state index contributed by atoms with van der Waals surface area (Å²) in [6, 6.07) is 5.46. The standard InChI is InChI=1S/C21H25F2N5/c1-26-15-5-6-19(26)16-12-24-21(25-18(16)11-15)28-9-7-27(8-10-28)13-14-3-2-4-17(22)20(14)23/h2-4,12,15,19H,5-11,13H2,1H3. The summed E-state index contributed by atoms with van der Waals surface area (Å²) in [5, 5.41) is 0. The van der Waals surface area contributed by atoms with Crippen molar-refractivity contribution in [3.8, 4) is 0 Å². The number of anilines is 1. The second-order valence-electron chi connectivity index (χ2n) is 8.16. The maximum atomic E-state index is 13.9. The van der Waals surface area contributed by atoms with Gasteiger partial charge in [0.15, 0.2) is 11.6 Å². The van der Waals surface area contributed by atoms with Crippen molar-refractivity contribution in [3.05, 3.63) is 52.9 Å². The molecule has 5 rings (SSSR count). The highest BCUT2D eigenvalue weighted by molar-refractivity contribution is 5.37. The van der Waals surface area contributed by atoms with Crippen LogP contribution in [0, 0.1) is 11.6 Å². The van der Waals surface area contributed by atoms with E-state index in [1.165, 1.54) is 24.1 Å². The van der Waals surface area contributed by atoms with E-state index < -0.39 is 11.6 Å². The Hall–Kier alpha value is -2.12. The van der Waals surface area contributed by atoms with E-state index >= 15 is 0 Å². The van der Waals surface area contributed by atoms with Gasteiger partial charge in [0.05, 0.1) is 5.69 Å². The lowest BCUT2D eigenvalue weighted by Gasteiger charge is -2.36. The number of piperazine rings is 1. The Balaban J connectivity index is 1.25. The van der Waals surface area contributed by atoms with E-state index in [-0.39, 0.29) is 0 Å². The summed E-state index contributed by atoms with van der Waals surface area (Å²) in [6.45, 7) is 3.58. The molecule has 1 aromatic carbocycles. The largest absolute Gasteiger partial charge is 0.338 e. The van der Waals surface area contributed by atoms with Crippen LogP contribution in [-0.4, -0.2) is 59.0 Å². The Morgan fingerprint density at radius 3 is 2.75 bits per heavy atom. The molecule has 0 N–H and O–H groups in total. The van der Waals surface area contributed by atoms with E-state index in [4.69, 9.17) is 4.98 Å². The molecule has 0 spiro atoms. The third kappa shape index (κ3) is 3.06. The van der Waals surface area contributed by atoms with Crippen molar-refractivity contribution < 1.29 is 8.78 Å². The summed E-state index contributed by atoms with van der Waals surface area (Å²) in [6.07, 6.45) is 5.47. The second kappa shape index (κ2) is 7.04. The molecule has 0 aliphatic carbocycles. The minimum Gasteiger partial charge on any atom is -0.338 e. The van der Waals surface area contributed by atoms with Gasteiger partial charge in [0.1, 0.15) is 0 Å². The molecule has 2 unspecified atom stereocenters. The molecule has 1 aromatic heterocycles. The zero-order chi connectivity index (χ0) is 19.3. The van der Waals surface area contributed by atoms with Crippen LogP contribution in [-0.2, 0) is 13.0 Å². The van der Waals surface area contributed by atoms with E-state index in [2.05, 4.69) is 26.7 Å². The van der Waals surface area contributed by atoms with Crippen molar-refractivity contribution in [3.63, 3.8) is 0 Å². The average Bonchev–Trinajstić information content (AvgIpc) is 2.95. The van der Waals surface area contributed by atoms with Crippen molar-refractivity contribution in [1.29, 1.82) is 0 Å². The number of halogens is 2. The molecule has 3 aliphatic heterocycles. The van der Waals surface area contributed by atoms with E-state index in [0.717, 1.165) is 44.6 Å². The van der Waals surface area contributed by atoms with Crippen LogP contribution >= 0.6 is 0 Å². The van der Waals surface area contributed by atoms with Gasteiger partial charge in [-0.2, -0.15) is 0 Å². The van der Waals surface area contributed by atoms with Gasteiger partial charge >= 0.3 is 0 Å². The van der Waals surface area contributed by atoms with Crippen LogP contribution in [0.5, 0.6) is 0 Å². The molecule has 2 aromatic rings. The topological polar surface area (TPSA) is 35.5 Å². The lowest BCUT2D eigenvalue weighted by Crippen LogP contribution is -2.47. The number of benzene rings is 1. The van der Waals surface area contributed by atoms with Gasteiger partial charge in [-0.1, -0.05) is 12.1 Å². The van der Waals surface area contributed by atoms with Gasteiger partial charge in [-0.15, -0.1) is 0 Å². The van der Waals surface area contributed by atoms with Crippen molar-refractivity contribution in [2.75, 3.05) is 38.1 Å². The van der Waals surface area contributed by atoms with Crippen molar-refractivity contribution >= 4 is 5.95 Å². The predicted molar refractivity (Wildman–Crippen MR) is 103 cm³/mol. The van der Waals surface area contributed by atoms with Crippen molar-refractivity contribution in [2.24, 2.45) is 0 Å². The fourth-order valence-corrected chi connectivity index (χ4v) is 4.88. The third-order valence-electron chi connectivity index (χ3n) is 6.60. The number of fused-ring (bicyclic) bond motifs is 4. The van der Waals surface area contributed by atoms with Gasteiger partial charge in [0.25, 0.3) is 0 Å². The maximum Gasteiger partial charge on any atom is 0.225 e. The molecule has 2 atom stereocenters. The quantitative estimate of drug-likeness (QED) is 0.812. The summed E-state index contributed by atoms with van der Waals surface area (Å²) in [5.41, 5.74) is 2.91. The molecule has 148 valence electrons. The van der Waals surface area contributed by atoms with Crippen LogP contribution in [0.2, 0.25) is 0 Å². The SMILES string of the molecule is CN1C2CCC1c1cnc(N3CCN(Cc4cccc(F)c4F)CC3)nc1C2. The predicted octanol–water partition coefficient (Wildman–Crippen LogP) is 2.77. The van der Waals surface area contributed by atoms with Crippen LogP contribution in [0.1, 0.15) is 35.7 Å². The molecule has 0 amide bonds. The van der Waals surface area contributed by atoms with Gasteiger partial charge in [0.2, 0.25) is 5.95 Å². The third-order valence-corrected chi connectivity index (χ3v) is 6.60. The molecule has 3 aliphatic rings. The number of rotatable bonds is 3. The molecule has 2 fully saturated rings. The molecule has 28 heavy (non-hydrogen) atoms. The number of hydrogen-bond acceptors (Lipinski definition) is 5. The minimum atomic E-state index is -0.779. The molecule has 2 bridgehead atoms. The van der Waals surface area contributed by atoms with Crippen LogP contribution in [0.15, 0.2) is 24.4 Å². The highest BCUT2D eigenvalue weighted by Gasteiger charge is 2.38. The highest BCUT2D eigenvalue weighted by Crippen LogP contribution is 2.41. The molecule has 4 heterocycles. The molecule has 0 radical (unpaired) electrons. The summed E-state index contributed by atoms with van der Waals surface area (Å²) in [7, 11) is 2.21. The first-order valence-electron chi connectivity index (χ1n) is 10.1. The van der Waals surface area contributed by atoms with E-state index in [9.17, 15) is 8.78 Å². The van der Waals surface area contributed by atoms with Gasteiger partial charge in [-0.25, -0.2) is 18.7 Å². The molecule has 2 saturated heterocycles. The number of aromatic nitrogens is 2. The Kier molecular flexibility index (Phi) is 4.51. The van der Waals surface area contributed by atoms with Crippen LogP contribution in [0.25, 0.3) is 0 Å². The van der Waals surface area contributed by atoms with E-state index in [1.54, 1.807) is 12.1 Å². The molecule has 5 nitrogen and oxygen atoms in total. The van der Waals surface area contributed by atoms with Gasteiger partial charge in [-0.3, -0.25) is 9.80 Å². The fraction of sp³-hybridized carbons (Fsp3) is 0.524. The number of likely N-dealkylation sites (N-methyl/N-ethyl adjacent to an activating group) is 1. The minimum absolute atomic E-state index is 0.415. The highest BCUT2D eigenvalue weighted by atomic mass is 19.2. The summed E-state index contributed by atoms with van der Waals surface area (Å²) >= 11 is 0. The first kappa shape index (κ1) is 17.9. The lowest BCUT2D eigenvalue weighted by molar-refractivity contribution is 0.221. The zero-order valence-corrected chi connectivity index (χ0v) is 16.1. The fourth-order valence-electron chi connectivity index (χ4n) is 4.88. The van der Waals surface area contributed by atoms with Crippen LogP contribution < -0.4 is 4.90 Å². The summed E-state index contributed by atoms with van der Waals surface area (Å²) in [5.74, 6) is -0.708. The van der Waals surface area contributed by atoms with Gasteiger partial charge < -0.3 is 4.90 Å². The van der Waals surface area contributed by atoms with Crippen LogP contribution in [0.3, 0.4) is 0 Å². The molecule has 7 heteroatoms. The van der Waals surface area contributed by atoms with Crippen molar-refractivity contribution in [1.82, 2.24) is 19.8 Å². The number of hydrogen-bond donors (Lipinski definition) is 0. The Bertz CT molecular complexity index is 881. The maximum absolute atomic E-state index is 13.9. The van der Waals surface area contributed by atoms with Crippen LogP contribution in [0.4, 0.5) is 14.7 Å². The first-order chi connectivity index (χ1) is 13.6. The van der Waals surface area contributed by atoms with Crippen molar-refractivity contribution in [2.45, 2.75) is 37.9 Å². The van der Waals surface area contributed by atoms with E-state index in [1.807, 2.05) is 6.20 Å². The summed E-state index contributed by atoms with van der Waals surface area (Å²) in [4.78, 5) is 16.4. The van der Waals surface area contributed by atoms with Gasteiger partial charge in [0, 0.05) is 68.6 Å². The van der Waals surface area contributed by atoms with E-state index in [0.29, 0.717) is 24.2 Å².